The van der Waals surface area contributed by atoms with Crippen molar-refractivity contribution >= 4 is 51.7 Å². The fourth-order valence-corrected chi connectivity index (χ4v) is 7.66. The maximum absolute atomic E-state index is 15.2. The van der Waals surface area contributed by atoms with E-state index in [4.69, 9.17) is 37.4 Å². The number of aliphatic hydroxyl groups is 1. The summed E-state index contributed by atoms with van der Waals surface area (Å²) in [7, 11) is 3.32. The van der Waals surface area contributed by atoms with E-state index < -0.39 is 5.97 Å². The van der Waals surface area contributed by atoms with Gasteiger partial charge in [-0.2, -0.15) is 5.10 Å². The fourth-order valence-electron chi connectivity index (χ4n) is 7.31. The molecule has 6 rings (SSSR count). The Morgan fingerprint density at radius 3 is 2.32 bits per heavy atom. The van der Waals surface area contributed by atoms with E-state index >= 15 is 4.79 Å². The van der Waals surface area contributed by atoms with Gasteiger partial charge < -0.3 is 33.9 Å². The number of nitrogens with zero attached hydrogens (tertiary/aromatic N) is 4. The number of halogens is 2. The number of aliphatic hydroxyl groups excluding tert-OH is 1. The van der Waals surface area contributed by atoms with Crippen LogP contribution in [0.25, 0.3) is 22.0 Å². The molecule has 1 aliphatic heterocycles. The van der Waals surface area contributed by atoms with E-state index in [1.165, 1.54) is 19.2 Å². The van der Waals surface area contributed by atoms with Crippen LogP contribution in [0.4, 0.5) is 5.69 Å². The molecule has 11 nitrogen and oxygen atoms in total. The van der Waals surface area contributed by atoms with Crippen molar-refractivity contribution in [3.8, 4) is 28.4 Å². The largest absolute Gasteiger partial charge is 0.494 e. The highest BCUT2D eigenvalue weighted by Crippen LogP contribution is 2.45. The molecule has 0 saturated heterocycles. The SMILES string of the molecule is COc1cc(C(=O)O)cc(N2CCCn3c(c(CCCOc4cc(C)c(Cl)c(C)c4)c4ccc(Cl)c(-c5c(C)nn(C)c5C)c43)C2=O)c1OCCCO. The third kappa shape index (κ3) is 7.17. The van der Waals surface area contributed by atoms with Gasteiger partial charge in [-0.05, 0) is 94.0 Å². The second-order valence-corrected chi connectivity index (χ2v) is 14.1. The zero-order valence-electron chi connectivity index (χ0n) is 30.8. The molecule has 0 unspecified atom stereocenters. The summed E-state index contributed by atoms with van der Waals surface area (Å²) in [5.41, 5.74) is 7.76. The standard InChI is InChI=1S/C40H44Cl2N4O7/c1-22-18-27(19-23(2)35(22)42)52-16-7-10-28-29-11-12-30(41)34(33-24(3)43-44(5)25(33)4)36(29)46-14-8-13-45(39(48)37(28)46)31-20-26(40(49)50)21-32(51-6)38(31)53-17-9-15-47/h11-12,18-21,47H,7-10,13-17H2,1-6H3,(H,49,50). The summed E-state index contributed by atoms with van der Waals surface area (Å²) in [5, 5.41) is 26.3. The van der Waals surface area contributed by atoms with E-state index in [0.717, 1.165) is 55.9 Å². The molecular formula is C40H44Cl2N4O7. The lowest BCUT2D eigenvalue weighted by atomic mass is 9.98. The van der Waals surface area contributed by atoms with Crippen LogP contribution in [-0.2, 0) is 20.0 Å². The van der Waals surface area contributed by atoms with Crippen molar-refractivity contribution in [2.75, 3.05) is 38.4 Å². The molecule has 0 fully saturated rings. The number of amides is 1. The third-order valence-electron chi connectivity index (χ3n) is 9.84. The van der Waals surface area contributed by atoms with Gasteiger partial charge in [-0.1, -0.05) is 29.3 Å². The number of aromatic carboxylic acids is 1. The monoisotopic (exact) mass is 762 g/mol. The number of aromatic nitrogens is 3. The number of carboxylic acid groups (broad SMARTS) is 1. The first-order valence-electron chi connectivity index (χ1n) is 17.6. The van der Waals surface area contributed by atoms with Crippen LogP contribution in [0, 0.1) is 27.7 Å². The summed E-state index contributed by atoms with van der Waals surface area (Å²) in [5.74, 6) is -0.340. The van der Waals surface area contributed by atoms with Gasteiger partial charge in [0.05, 0.1) is 47.8 Å². The highest BCUT2D eigenvalue weighted by atomic mass is 35.5. The van der Waals surface area contributed by atoms with E-state index in [1.807, 2.05) is 63.7 Å². The van der Waals surface area contributed by atoms with Gasteiger partial charge in [-0.15, -0.1) is 0 Å². The smallest absolute Gasteiger partial charge is 0.335 e. The first kappa shape index (κ1) is 38.0. The fraction of sp³-hybridized carbons (Fsp3) is 0.375. The van der Waals surface area contributed by atoms with Crippen molar-refractivity contribution in [3.63, 3.8) is 0 Å². The Bertz CT molecular complexity index is 2200. The van der Waals surface area contributed by atoms with Crippen molar-refractivity contribution in [2.24, 2.45) is 7.05 Å². The van der Waals surface area contributed by atoms with Crippen molar-refractivity contribution in [1.29, 1.82) is 0 Å². The van der Waals surface area contributed by atoms with E-state index in [2.05, 4.69) is 9.67 Å². The number of rotatable bonds is 13. The summed E-state index contributed by atoms with van der Waals surface area (Å²) >= 11 is 13.5. The minimum Gasteiger partial charge on any atom is -0.494 e. The first-order chi connectivity index (χ1) is 25.4. The Morgan fingerprint density at radius 1 is 0.962 bits per heavy atom. The Kier molecular flexibility index (Phi) is 11.3. The molecule has 0 aliphatic carbocycles. The lowest BCUT2D eigenvalue weighted by molar-refractivity contribution is 0.0696. The number of carbonyl (C=O) groups is 2. The van der Waals surface area contributed by atoms with E-state index in [-0.39, 0.29) is 48.4 Å². The molecule has 0 spiro atoms. The zero-order valence-corrected chi connectivity index (χ0v) is 32.3. The first-order valence-corrected chi connectivity index (χ1v) is 18.4. The number of benzene rings is 3. The van der Waals surface area contributed by atoms with E-state index in [9.17, 15) is 15.0 Å². The van der Waals surface area contributed by atoms with Gasteiger partial charge in [0, 0.05) is 60.4 Å². The Morgan fingerprint density at radius 2 is 1.68 bits per heavy atom. The Balaban J connectivity index is 1.51. The van der Waals surface area contributed by atoms with Gasteiger partial charge >= 0.3 is 5.97 Å². The summed E-state index contributed by atoms with van der Waals surface area (Å²) in [6, 6.07) is 10.5. The van der Waals surface area contributed by atoms with Crippen LogP contribution in [0.3, 0.4) is 0 Å². The van der Waals surface area contributed by atoms with Gasteiger partial charge in [0.2, 0.25) is 0 Å². The molecule has 0 bridgehead atoms. The van der Waals surface area contributed by atoms with Gasteiger partial charge in [-0.25, -0.2) is 4.79 Å². The topological polar surface area (TPSA) is 128 Å². The maximum atomic E-state index is 15.2. The van der Waals surface area contributed by atoms with Crippen LogP contribution in [0.1, 0.15) is 68.2 Å². The molecule has 3 aromatic carbocycles. The number of hydrogen-bond donors (Lipinski definition) is 2. The lowest BCUT2D eigenvalue weighted by Gasteiger charge is -2.25. The highest BCUT2D eigenvalue weighted by Gasteiger charge is 2.34. The van der Waals surface area contributed by atoms with Crippen LogP contribution in [0.5, 0.6) is 17.2 Å². The molecule has 3 heterocycles. The van der Waals surface area contributed by atoms with Crippen LogP contribution >= 0.6 is 23.2 Å². The third-order valence-corrected chi connectivity index (χ3v) is 10.8. The van der Waals surface area contributed by atoms with Crippen LogP contribution < -0.4 is 19.1 Å². The number of carboxylic acids is 1. The zero-order chi connectivity index (χ0) is 38.1. The van der Waals surface area contributed by atoms with Crippen molar-refractivity contribution in [3.05, 3.63) is 85.8 Å². The predicted octanol–water partition coefficient (Wildman–Crippen LogP) is 8.11. The van der Waals surface area contributed by atoms with Crippen LogP contribution in [0.2, 0.25) is 10.0 Å². The Hall–Kier alpha value is -4.71. The van der Waals surface area contributed by atoms with Crippen molar-refractivity contribution in [2.45, 2.75) is 59.9 Å². The number of fused-ring (bicyclic) bond motifs is 3. The van der Waals surface area contributed by atoms with Gasteiger partial charge in [0.1, 0.15) is 11.4 Å². The van der Waals surface area contributed by atoms with Gasteiger partial charge in [0.15, 0.2) is 11.5 Å². The Labute approximate surface area is 318 Å². The van der Waals surface area contributed by atoms with Crippen LogP contribution in [0.15, 0.2) is 36.4 Å². The summed E-state index contributed by atoms with van der Waals surface area (Å²) < 4.78 is 21.8. The average molecular weight is 764 g/mol. The molecule has 1 aliphatic rings. The number of ether oxygens (including phenoxy) is 3. The summed E-state index contributed by atoms with van der Waals surface area (Å²) in [6.07, 6.45) is 1.99. The minimum absolute atomic E-state index is 0.0504. The number of methoxy groups -OCH3 is 1. The van der Waals surface area contributed by atoms with Gasteiger partial charge in [0.25, 0.3) is 5.91 Å². The van der Waals surface area contributed by atoms with E-state index in [1.54, 1.807) is 4.90 Å². The lowest BCUT2D eigenvalue weighted by Crippen LogP contribution is -2.32. The number of hydrogen-bond acceptors (Lipinski definition) is 7. The normalized spacial score (nSPS) is 13.0. The summed E-state index contributed by atoms with van der Waals surface area (Å²) in [4.78, 5) is 29.0. The molecule has 1 amide bonds. The van der Waals surface area contributed by atoms with Gasteiger partial charge in [-0.3, -0.25) is 9.48 Å². The molecule has 5 aromatic rings. The molecule has 280 valence electrons. The molecular weight excluding hydrogens is 719 g/mol. The summed E-state index contributed by atoms with van der Waals surface area (Å²) in [6.45, 7) is 9.06. The number of anilines is 1. The second-order valence-electron chi connectivity index (χ2n) is 13.4. The van der Waals surface area contributed by atoms with Crippen LogP contribution in [-0.4, -0.2) is 69.9 Å². The molecule has 2 N–H and O–H groups in total. The molecule has 0 radical (unpaired) electrons. The molecule has 13 heteroatoms. The number of aryl methyl sites for hydroxylation is 6. The van der Waals surface area contributed by atoms with Crippen molar-refractivity contribution < 1.29 is 34.0 Å². The average Bonchev–Trinajstić information content (AvgIpc) is 3.50. The van der Waals surface area contributed by atoms with E-state index in [0.29, 0.717) is 54.6 Å². The molecule has 2 aromatic heterocycles. The molecule has 53 heavy (non-hydrogen) atoms. The van der Waals surface area contributed by atoms with Crippen molar-refractivity contribution in [1.82, 2.24) is 14.3 Å². The minimum atomic E-state index is -1.17. The molecule has 0 saturated carbocycles. The maximum Gasteiger partial charge on any atom is 0.335 e. The predicted molar refractivity (Wildman–Crippen MR) is 207 cm³/mol. The second kappa shape index (κ2) is 15.7. The number of carbonyl (C=O) groups excluding carboxylic acids is 1. The quantitative estimate of drug-likeness (QED) is 0.115. The molecule has 0 atom stereocenters. The highest BCUT2D eigenvalue weighted by molar-refractivity contribution is 6.35.